The second-order valence-electron chi connectivity index (χ2n) is 6.18. The molecule has 2 N–H and O–H groups in total. The number of nitrogens with one attached hydrogen (secondary N) is 2. The van der Waals surface area contributed by atoms with Crippen LogP contribution in [0.15, 0.2) is 54.6 Å². The van der Waals surface area contributed by atoms with E-state index in [1.807, 2.05) is 54.6 Å². The molecule has 6 heteroatoms. The third kappa shape index (κ3) is 4.33. The summed E-state index contributed by atoms with van der Waals surface area (Å²) in [6, 6.07) is 16.8. The second kappa shape index (κ2) is 8.38. The lowest BCUT2D eigenvalue weighted by molar-refractivity contribution is -0.121. The van der Waals surface area contributed by atoms with E-state index in [1.54, 1.807) is 12.0 Å². The molecule has 6 nitrogen and oxygen atoms in total. The minimum atomic E-state index is -0.274. The van der Waals surface area contributed by atoms with Gasteiger partial charge in [-0.15, -0.1) is 0 Å². The van der Waals surface area contributed by atoms with Crippen molar-refractivity contribution < 1.29 is 14.3 Å². The molecular formula is C20H23N3O3. The molecule has 2 aromatic carbocycles. The molecule has 1 atom stereocenters. The lowest BCUT2D eigenvalue weighted by atomic mass is 10.0. The maximum absolute atomic E-state index is 12.8. The SMILES string of the molecule is COc1cccc(CNC(=O)N2CCNC(=O)C[C@@H]2c2ccccc2)c1. The molecule has 2 aromatic rings. The quantitative estimate of drug-likeness (QED) is 0.887. The Kier molecular flexibility index (Phi) is 5.73. The normalized spacial score (nSPS) is 17.2. The van der Waals surface area contributed by atoms with Gasteiger partial charge in [0.25, 0.3) is 0 Å². The van der Waals surface area contributed by atoms with E-state index < -0.39 is 0 Å². The van der Waals surface area contributed by atoms with Gasteiger partial charge in [-0.3, -0.25) is 4.79 Å². The zero-order valence-electron chi connectivity index (χ0n) is 14.8. The van der Waals surface area contributed by atoms with E-state index in [9.17, 15) is 9.59 Å². The molecule has 0 unspecified atom stereocenters. The zero-order chi connectivity index (χ0) is 18.4. The van der Waals surface area contributed by atoms with Gasteiger partial charge in [-0.1, -0.05) is 42.5 Å². The van der Waals surface area contributed by atoms with Crippen molar-refractivity contribution in [1.82, 2.24) is 15.5 Å². The van der Waals surface area contributed by atoms with Crippen LogP contribution in [0.1, 0.15) is 23.6 Å². The fourth-order valence-electron chi connectivity index (χ4n) is 3.11. The molecule has 0 radical (unpaired) electrons. The highest BCUT2D eigenvalue weighted by atomic mass is 16.5. The maximum Gasteiger partial charge on any atom is 0.318 e. The van der Waals surface area contributed by atoms with E-state index in [2.05, 4.69) is 10.6 Å². The Labute approximate surface area is 153 Å². The van der Waals surface area contributed by atoms with Crippen molar-refractivity contribution in [3.63, 3.8) is 0 Å². The number of ether oxygens (including phenoxy) is 1. The summed E-state index contributed by atoms with van der Waals surface area (Å²) in [7, 11) is 1.61. The molecule has 0 aliphatic carbocycles. The van der Waals surface area contributed by atoms with Crippen molar-refractivity contribution in [1.29, 1.82) is 0 Å². The van der Waals surface area contributed by atoms with Gasteiger partial charge in [-0.2, -0.15) is 0 Å². The molecule has 1 saturated heterocycles. The van der Waals surface area contributed by atoms with Crippen molar-refractivity contribution in [2.75, 3.05) is 20.2 Å². The summed E-state index contributed by atoms with van der Waals surface area (Å²) in [6.45, 7) is 1.32. The minimum Gasteiger partial charge on any atom is -0.497 e. The first-order chi connectivity index (χ1) is 12.7. The molecule has 0 spiro atoms. The number of amides is 3. The largest absolute Gasteiger partial charge is 0.497 e. The van der Waals surface area contributed by atoms with Crippen LogP contribution in [0.5, 0.6) is 5.75 Å². The number of hydrogen-bond acceptors (Lipinski definition) is 3. The van der Waals surface area contributed by atoms with Crippen LogP contribution in [0.25, 0.3) is 0 Å². The highest BCUT2D eigenvalue weighted by Gasteiger charge is 2.29. The van der Waals surface area contributed by atoms with Crippen LogP contribution in [-0.2, 0) is 11.3 Å². The average molecular weight is 353 g/mol. The lowest BCUT2D eigenvalue weighted by Gasteiger charge is -2.29. The fraction of sp³-hybridized carbons (Fsp3) is 0.300. The summed E-state index contributed by atoms with van der Waals surface area (Å²) in [5.41, 5.74) is 1.92. The number of carbonyl (C=O) groups excluding carboxylic acids is 2. The van der Waals surface area contributed by atoms with Crippen molar-refractivity contribution in [2.24, 2.45) is 0 Å². The first kappa shape index (κ1) is 17.8. The number of hydrogen-bond donors (Lipinski definition) is 2. The Hall–Kier alpha value is -3.02. The van der Waals surface area contributed by atoms with Gasteiger partial charge >= 0.3 is 6.03 Å². The predicted molar refractivity (Wildman–Crippen MR) is 98.7 cm³/mol. The lowest BCUT2D eigenvalue weighted by Crippen LogP contribution is -2.43. The van der Waals surface area contributed by atoms with Crippen LogP contribution < -0.4 is 15.4 Å². The number of benzene rings is 2. The third-order valence-electron chi connectivity index (χ3n) is 4.45. The summed E-state index contributed by atoms with van der Waals surface area (Å²) in [4.78, 5) is 26.5. The zero-order valence-corrected chi connectivity index (χ0v) is 14.8. The molecule has 0 bridgehead atoms. The summed E-state index contributed by atoms with van der Waals surface area (Å²) in [5, 5.41) is 5.80. The van der Waals surface area contributed by atoms with E-state index in [1.165, 1.54) is 0 Å². The first-order valence-electron chi connectivity index (χ1n) is 8.66. The molecule has 136 valence electrons. The fourth-order valence-corrected chi connectivity index (χ4v) is 3.11. The van der Waals surface area contributed by atoms with Crippen LogP contribution >= 0.6 is 0 Å². The summed E-state index contributed by atoms with van der Waals surface area (Å²) in [6.07, 6.45) is 0.261. The molecule has 0 aromatic heterocycles. The Balaban J connectivity index is 1.73. The topological polar surface area (TPSA) is 70.7 Å². The third-order valence-corrected chi connectivity index (χ3v) is 4.45. The van der Waals surface area contributed by atoms with E-state index in [0.29, 0.717) is 19.6 Å². The Morgan fingerprint density at radius 3 is 2.81 bits per heavy atom. The summed E-state index contributed by atoms with van der Waals surface area (Å²) < 4.78 is 5.21. The van der Waals surface area contributed by atoms with Gasteiger partial charge in [0.1, 0.15) is 5.75 Å². The second-order valence-corrected chi connectivity index (χ2v) is 6.18. The maximum atomic E-state index is 12.8. The highest BCUT2D eigenvalue weighted by molar-refractivity contribution is 5.80. The van der Waals surface area contributed by atoms with E-state index in [4.69, 9.17) is 4.74 Å². The van der Waals surface area contributed by atoms with Crippen LogP contribution in [0, 0.1) is 0 Å². The molecule has 1 fully saturated rings. The summed E-state index contributed by atoms with van der Waals surface area (Å²) >= 11 is 0. The number of nitrogens with zero attached hydrogens (tertiary/aromatic N) is 1. The number of carbonyl (C=O) groups is 2. The number of rotatable bonds is 4. The number of urea groups is 1. The van der Waals surface area contributed by atoms with Gasteiger partial charge < -0.3 is 20.3 Å². The molecular weight excluding hydrogens is 330 g/mol. The van der Waals surface area contributed by atoms with Crippen LogP contribution in [0.2, 0.25) is 0 Å². The van der Waals surface area contributed by atoms with E-state index >= 15 is 0 Å². The van der Waals surface area contributed by atoms with Gasteiger partial charge in [0, 0.05) is 19.6 Å². The van der Waals surface area contributed by atoms with E-state index in [-0.39, 0.29) is 24.4 Å². The van der Waals surface area contributed by atoms with Gasteiger partial charge in [-0.05, 0) is 23.3 Å². The Morgan fingerprint density at radius 2 is 2.04 bits per heavy atom. The Bertz CT molecular complexity index is 764. The van der Waals surface area contributed by atoms with Gasteiger partial charge in [0.2, 0.25) is 5.91 Å². The monoisotopic (exact) mass is 353 g/mol. The molecule has 26 heavy (non-hydrogen) atoms. The molecule has 3 amide bonds. The van der Waals surface area contributed by atoms with E-state index in [0.717, 1.165) is 16.9 Å². The molecule has 1 aliphatic rings. The standard InChI is InChI=1S/C20H23N3O3/c1-26-17-9-5-6-15(12-17)14-22-20(25)23-11-10-21-19(24)13-18(23)16-7-3-2-4-8-16/h2-9,12,18H,10-11,13-14H2,1H3,(H,21,24)(H,22,25)/t18-/m1/s1. The van der Waals surface area contributed by atoms with Crippen molar-refractivity contribution >= 4 is 11.9 Å². The highest BCUT2D eigenvalue weighted by Crippen LogP contribution is 2.25. The predicted octanol–water partition coefficient (Wildman–Crippen LogP) is 2.47. The Morgan fingerprint density at radius 1 is 1.23 bits per heavy atom. The van der Waals surface area contributed by atoms with Crippen molar-refractivity contribution in [3.8, 4) is 5.75 Å². The number of methoxy groups -OCH3 is 1. The van der Waals surface area contributed by atoms with Gasteiger partial charge in [-0.25, -0.2) is 4.79 Å². The van der Waals surface area contributed by atoms with Crippen molar-refractivity contribution in [2.45, 2.75) is 19.0 Å². The molecule has 0 saturated carbocycles. The van der Waals surface area contributed by atoms with Crippen LogP contribution in [-0.4, -0.2) is 37.0 Å². The van der Waals surface area contributed by atoms with Crippen LogP contribution in [0.3, 0.4) is 0 Å². The minimum absolute atomic E-state index is 0.0399. The first-order valence-corrected chi connectivity index (χ1v) is 8.66. The summed E-state index contributed by atoms with van der Waals surface area (Å²) in [5.74, 6) is 0.713. The van der Waals surface area contributed by atoms with Gasteiger partial charge in [0.15, 0.2) is 0 Å². The average Bonchev–Trinajstić information content (AvgIpc) is 2.88. The molecule has 1 aliphatic heterocycles. The molecule has 3 rings (SSSR count). The smallest absolute Gasteiger partial charge is 0.318 e. The van der Waals surface area contributed by atoms with Crippen LogP contribution in [0.4, 0.5) is 4.79 Å². The van der Waals surface area contributed by atoms with Gasteiger partial charge in [0.05, 0.1) is 19.6 Å². The molecule has 1 heterocycles. The van der Waals surface area contributed by atoms with Crippen molar-refractivity contribution in [3.05, 3.63) is 65.7 Å².